The molecule has 0 amide bonds. The molecule has 4 rings (SSSR count). The molecular formula is C25H34F4N4O2. The standard InChI is InChI=1S/C25H34F4N4O2/c1-5-24(23(34)35)11-6-12-32(13-24)22-18(14(2)3)15(4)30-21-19(26)20(31-33(21)22)16-7-9-17(10-8-16)25(27,28)29/h14,16-17H,5-13H2,1-4H3,(H,34,35)/t16-,17-,24-/m1/s1. The summed E-state index contributed by atoms with van der Waals surface area (Å²) < 4.78 is 56.6. The van der Waals surface area contributed by atoms with Gasteiger partial charge in [-0.2, -0.15) is 22.8 Å². The summed E-state index contributed by atoms with van der Waals surface area (Å²) in [6.07, 6.45) is -2.15. The molecular weight excluding hydrogens is 464 g/mol. The quantitative estimate of drug-likeness (QED) is 0.496. The van der Waals surface area contributed by atoms with Gasteiger partial charge in [0, 0.05) is 30.3 Å². The lowest BCUT2D eigenvalue weighted by molar-refractivity contribution is -0.182. The number of halogens is 4. The van der Waals surface area contributed by atoms with Crippen LogP contribution in [0.4, 0.5) is 23.4 Å². The van der Waals surface area contributed by atoms with Gasteiger partial charge in [0.05, 0.1) is 11.3 Å². The Labute approximate surface area is 202 Å². The first kappa shape index (κ1) is 25.7. The van der Waals surface area contributed by atoms with Gasteiger partial charge in [-0.25, -0.2) is 9.37 Å². The zero-order chi connectivity index (χ0) is 25.7. The number of hydrogen-bond donors (Lipinski definition) is 1. The molecule has 2 aliphatic rings. The molecule has 3 heterocycles. The number of rotatable bonds is 5. The average molecular weight is 499 g/mol. The largest absolute Gasteiger partial charge is 0.481 e. The topological polar surface area (TPSA) is 70.7 Å². The Bertz CT molecular complexity index is 1110. The van der Waals surface area contributed by atoms with Crippen LogP contribution in [0.2, 0.25) is 0 Å². The zero-order valence-corrected chi connectivity index (χ0v) is 20.8. The molecule has 0 unspecified atom stereocenters. The third-order valence-electron chi connectivity index (χ3n) is 8.10. The number of hydrogen-bond acceptors (Lipinski definition) is 4. The Balaban J connectivity index is 1.80. The van der Waals surface area contributed by atoms with E-state index in [9.17, 15) is 23.1 Å². The minimum absolute atomic E-state index is 0.0302. The summed E-state index contributed by atoms with van der Waals surface area (Å²) in [5.74, 6) is -2.50. The van der Waals surface area contributed by atoms with Gasteiger partial charge in [0.25, 0.3) is 0 Å². The summed E-state index contributed by atoms with van der Waals surface area (Å²) >= 11 is 0. The van der Waals surface area contributed by atoms with Crippen LogP contribution >= 0.6 is 0 Å². The molecule has 1 aliphatic heterocycles. The number of aliphatic carboxylic acids is 1. The second kappa shape index (κ2) is 9.24. The van der Waals surface area contributed by atoms with E-state index in [1.54, 1.807) is 0 Å². The van der Waals surface area contributed by atoms with Crippen LogP contribution < -0.4 is 4.90 Å². The summed E-state index contributed by atoms with van der Waals surface area (Å²) in [5, 5.41) is 14.6. The number of aryl methyl sites for hydroxylation is 1. The Hall–Kier alpha value is -2.39. The molecule has 0 spiro atoms. The van der Waals surface area contributed by atoms with Crippen LogP contribution in [0.1, 0.15) is 94.5 Å². The van der Waals surface area contributed by atoms with Crippen LogP contribution in [0.5, 0.6) is 0 Å². The SMILES string of the molecule is CC[C@@]1(C(=O)O)CCCN(c2c(C(C)C)c(C)nc3c(F)c([C@H]4CC[C@H](C(F)(F)F)CC4)nn23)C1. The van der Waals surface area contributed by atoms with Gasteiger partial charge in [0.15, 0.2) is 11.5 Å². The number of carbonyl (C=O) groups is 1. The number of nitrogens with zero attached hydrogens (tertiary/aromatic N) is 4. The van der Waals surface area contributed by atoms with Gasteiger partial charge in [0.1, 0.15) is 11.5 Å². The fourth-order valence-electron chi connectivity index (χ4n) is 6.01. The first-order valence-electron chi connectivity index (χ1n) is 12.5. The Morgan fingerprint density at radius 3 is 2.43 bits per heavy atom. The van der Waals surface area contributed by atoms with Gasteiger partial charge in [0.2, 0.25) is 0 Å². The number of fused-ring (bicyclic) bond motifs is 1. The van der Waals surface area contributed by atoms with Gasteiger partial charge in [-0.1, -0.05) is 20.8 Å². The van der Waals surface area contributed by atoms with E-state index in [4.69, 9.17) is 0 Å². The van der Waals surface area contributed by atoms with Crippen LogP contribution in [0.25, 0.3) is 5.65 Å². The van der Waals surface area contributed by atoms with Crippen molar-refractivity contribution in [3.8, 4) is 0 Å². The fraction of sp³-hybridized carbons (Fsp3) is 0.720. The molecule has 194 valence electrons. The summed E-state index contributed by atoms with van der Waals surface area (Å²) in [7, 11) is 0. The van der Waals surface area contributed by atoms with Crippen LogP contribution in [0, 0.1) is 24.1 Å². The first-order chi connectivity index (χ1) is 16.4. The van der Waals surface area contributed by atoms with Crippen molar-refractivity contribution in [1.29, 1.82) is 0 Å². The number of anilines is 1. The zero-order valence-electron chi connectivity index (χ0n) is 20.8. The lowest BCUT2D eigenvalue weighted by Crippen LogP contribution is -2.48. The van der Waals surface area contributed by atoms with Gasteiger partial charge in [-0.3, -0.25) is 4.79 Å². The van der Waals surface area contributed by atoms with E-state index in [-0.39, 0.29) is 49.5 Å². The maximum Gasteiger partial charge on any atom is 0.391 e. The van der Waals surface area contributed by atoms with Crippen molar-refractivity contribution in [3.63, 3.8) is 0 Å². The highest BCUT2D eigenvalue weighted by atomic mass is 19.4. The van der Waals surface area contributed by atoms with Crippen molar-refractivity contribution in [1.82, 2.24) is 14.6 Å². The summed E-state index contributed by atoms with van der Waals surface area (Å²) in [6.45, 7) is 8.59. The second-order valence-electron chi connectivity index (χ2n) is 10.6. The Morgan fingerprint density at radius 1 is 1.23 bits per heavy atom. The minimum atomic E-state index is -4.23. The van der Waals surface area contributed by atoms with E-state index in [1.807, 2.05) is 32.6 Å². The predicted molar refractivity (Wildman–Crippen MR) is 124 cm³/mol. The monoisotopic (exact) mass is 498 g/mol. The molecule has 1 saturated carbocycles. The van der Waals surface area contributed by atoms with Crippen LogP contribution in [-0.4, -0.2) is 44.9 Å². The highest BCUT2D eigenvalue weighted by molar-refractivity contribution is 5.76. The Morgan fingerprint density at radius 2 is 1.89 bits per heavy atom. The maximum absolute atomic E-state index is 15.7. The lowest BCUT2D eigenvalue weighted by Gasteiger charge is -2.41. The molecule has 0 bridgehead atoms. The molecule has 1 N–H and O–H groups in total. The molecule has 0 radical (unpaired) electrons. The van der Waals surface area contributed by atoms with Crippen LogP contribution in [-0.2, 0) is 4.79 Å². The molecule has 2 aromatic heterocycles. The number of alkyl halides is 3. The fourth-order valence-corrected chi connectivity index (χ4v) is 6.01. The van der Waals surface area contributed by atoms with E-state index in [2.05, 4.69) is 10.1 Å². The summed E-state index contributed by atoms with van der Waals surface area (Å²) in [5.41, 5.74) is 0.844. The van der Waals surface area contributed by atoms with Gasteiger partial charge < -0.3 is 10.0 Å². The molecule has 1 aliphatic carbocycles. The number of aromatic nitrogens is 3. The molecule has 10 heteroatoms. The maximum atomic E-state index is 15.7. The molecule has 2 aromatic rings. The molecule has 1 saturated heterocycles. The van der Waals surface area contributed by atoms with E-state index < -0.39 is 35.2 Å². The summed E-state index contributed by atoms with van der Waals surface area (Å²) in [6, 6.07) is 0. The van der Waals surface area contributed by atoms with Crippen molar-refractivity contribution in [3.05, 3.63) is 22.8 Å². The van der Waals surface area contributed by atoms with E-state index >= 15 is 4.39 Å². The smallest absolute Gasteiger partial charge is 0.391 e. The normalized spacial score (nSPS) is 26.0. The number of carboxylic acids is 1. The van der Waals surface area contributed by atoms with E-state index in [0.717, 1.165) is 5.56 Å². The van der Waals surface area contributed by atoms with Crippen LogP contribution in [0.3, 0.4) is 0 Å². The highest BCUT2D eigenvalue weighted by Crippen LogP contribution is 2.44. The third-order valence-corrected chi connectivity index (χ3v) is 8.10. The lowest BCUT2D eigenvalue weighted by atomic mass is 9.77. The first-order valence-corrected chi connectivity index (χ1v) is 12.5. The van der Waals surface area contributed by atoms with E-state index in [1.165, 1.54) is 4.52 Å². The molecule has 1 atom stereocenters. The average Bonchev–Trinajstić information content (AvgIpc) is 3.13. The highest BCUT2D eigenvalue weighted by Gasteiger charge is 2.44. The predicted octanol–water partition coefficient (Wildman–Crippen LogP) is 6.22. The van der Waals surface area contributed by atoms with Gasteiger partial charge >= 0.3 is 12.1 Å². The molecule has 0 aromatic carbocycles. The number of carboxylic acid groups (broad SMARTS) is 1. The van der Waals surface area contributed by atoms with Crippen molar-refractivity contribution < 1.29 is 27.5 Å². The molecule has 6 nitrogen and oxygen atoms in total. The van der Waals surface area contributed by atoms with Gasteiger partial charge in [-0.15, -0.1) is 0 Å². The summed E-state index contributed by atoms with van der Waals surface area (Å²) in [4.78, 5) is 18.7. The van der Waals surface area contributed by atoms with Crippen molar-refractivity contribution in [2.75, 3.05) is 18.0 Å². The van der Waals surface area contributed by atoms with E-state index in [0.29, 0.717) is 37.3 Å². The van der Waals surface area contributed by atoms with Crippen molar-refractivity contribution in [2.24, 2.45) is 11.3 Å². The number of piperidine rings is 1. The van der Waals surface area contributed by atoms with Gasteiger partial charge in [-0.05, 0) is 57.8 Å². The van der Waals surface area contributed by atoms with Crippen molar-refractivity contribution >= 4 is 17.4 Å². The minimum Gasteiger partial charge on any atom is -0.481 e. The van der Waals surface area contributed by atoms with Crippen LogP contribution in [0.15, 0.2) is 0 Å². The second-order valence-corrected chi connectivity index (χ2v) is 10.6. The molecule has 2 fully saturated rings. The van der Waals surface area contributed by atoms with Crippen molar-refractivity contribution in [2.45, 2.75) is 90.7 Å². The Kier molecular flexibility index (Phi) is 6.79. The third kappa shape index (κ3) is 4.48. The molecule has 35 heavy (non-hydrogen) atoms.